The van der Waals surface area contributed by atoms with Crippen LogP contribution in [0.2, 0.25) is 0 Å². The number of amidine groups is 1. The third kappa shape index (κ3) is 11.0. The van der Waals surface area contributed by atoms with E-state index in [2.05, 4.69) is 67.5 Å². The molecule has 0 bridgehead atoms. The summed E-state index contributed by atoms with van der Waals surface area (Å²) in [5.74, 6) is 1.26. The van der Waals surface area contributed by atoms with Crippen LogP contribution in [0.25, 0.3) is 10.9 Å². The van der Waals surface area contributed by atoms with Crippen molar-refractivity contribution < 1.29 is 4.84 Å². The summed E-state index contributed by atoms with van der Waals surface area (Å²) in [7, 11) is 0. The van der Waals surface area contributed by atoms with E-state index in [1.165, 1.54) is 75.6 Å². The zero-order valence-corrected chi connectivity index (χ0v) is 22.3. The molecule has 0 saturated heterocycles. The van der Waals surface area contributed by atoms with Crippen LogP contribution in [0.4, 0.5) is 0 Å². The summed E-state index contributed by atoms with van der Waals surface area (Å²) in [6.07, 6.45) is 15.1. The van der Waals surface area contributed by atoms with Crippen LogP contribution < -0.4 is 5.73 Å². The highest BCUT2D eigenvalue weighted by Crippen LogP contribution is 2.23. The molecule has 5 heteroatoms. The predicted octanol–water partition coefficient (Wildman–Crippen LogP) is 8.41. The third-order valence-corrected chi connectivity index (χ3v) is 6.05. The number of aromatic nitrogens is 1. The number of unbranched alkanes of at least 4 members (excludes halogenated alkanes) is 7. The summed E-state index contributed by atoms with van der Waals surface area (Å²) in [5, 5.41) is 11.9. The van der Waals surface area contributed by atoms with E-state index in [0.717, 1.165) is 30.0 Å². The van der Waals surface area contributed by atoms with Crippen LogP contribution in [0.5, 0.6) is 0 Å². The minimum absolute atomic E-state index is 0.167. The fourth-order valence-electron chi connectivity index (χ4n) is 3.91. The van der Waals surface area contributed by atoms with Gasteiger partial charge in [-0.05, 0) is 38.8 Å². The van der Waals surface area contributed by atoms with Crippen molar-refractivity contribution in [2.75, 3.05) is 0 Å². The van der Waals surface area contributed by atoms with E-state index < -0.39 is 0 Å². The molecule has 0 spiro atoms. The Morgan fingerprint density at radius 2 is 1.65 bits per heavy atom. The van der Waals surface area contributed by atoms with E-state index in [4.69, 9.17) is 16.0 Å². The second kappa shape index (κ2) is 17.0. The normalized spacial score (nSPS) is 12.2. The summed E-state index contributed by atoms with van der Waals surface area (Å²) in [4.78, 5) is 5.68. The molecule has 5 nitrogen and oxygen atoms in total. The number of nitrogens with two attached hydrogens (primary N) is 1. The minimum Gasteiger partial charge on any atom is -0.388 e. The van der Waals surface area contributed by atoms with Gasteiger partial charge in [-0.3, -0.25) is 5.41 Å². The number of rotatable bonds is 15. The number of allylic oxidation sites excluding steroid dienone is 1. The smallest absolute Gasteiger partial charge is 0.130 e. The Bertz CT molecular complexity index is 893. The van der Waals surface area contributed by atoms with Crippen molar-refractivity contribution in [1.82, 2.24) is 4.57 Å². The van der Waals surface area contributed by atoms with Crippen molar-refractivity contribution in [3.05, 3.63) is 48.4 Å². The van der Waals surface area contributed by atoms with Crippen molar-refractivity contribution in [2.45, 2.75) is 105 Å². The number of benzene rings is 1. The first-order valence-corrected chi connectivity index (χ1v) is 13.1. The van der Waals surface area contributed by atoms with Gasteiger partial charge in [-0.15, -0.1) is 0 Å². The lowest BCUT2D eigenvalue weighted by atomic mass is 10.0. The molecule has 0 radical (unpaired) electrons. The Labute approximate surface area is 208 Å². The number of hydrogen-bond donors (Lipinski definition) is 2. The van der Waals surface area contributed by atoms with Gasteiger partial charge in [0.2, 0.25) is 0 Å². The fourth-order valence-corrected chi connectivity index (χ4v) is 3.91. The average molecular weight is 469 g/mol. The molecule has 1 atom stereocenters. The van der Waals surface area contributed by atoms with Crippen molar-refractivity contribution in [3.63, 3.8) is 0 Å². The lowest BCUT2D eigenvalue weighted by molar-refractivity contribution is 0.190. The maximum absolute atomic E-state index is 6.28. The van der Waals surface area contributed by atoms with Gasteiger partial charge in [-0.2, -0.15) is 0 Å². The maximum Gasteiger partial charge on any atom is 0.130 e. The topological polar surface area (TPSA) is 76.4 Å². The van der Waals surface area contributed by atoms with E-state index in [1.807, 2.05) is 6.92 Å². The van der Waals surface area contributed by atoms with Gasteiger partial charge >= 0.3 is 0 Å². The van der Waals surface area contributed by atoms with Crippen LogP contribution in [0.1, 0.15) is 104 Å². The average Bonchev–Trinajstić information content (AvgIpc) is 3.23. The first kappa shape index (κ1) is 29.5. The second-order valence-corrected chi connectivity index (χ2v) is 9.33. The first-order valence-electron chi connectivity index (χ1n) is 13.1. The molecule has 0 aliphatic rings. The highest BCUT2D eigenvalue weighted by Gasteiger charge is 2.11. The SMILES string of the molecule is C=C(O/N=C(\C)c1cccc2c1ccn2CCCCCCCCC)[C@@H](C)CCCC.CC(=N)N. The van der Waals surface area contributed by atoms with Gasteiger partial charge in [0.05, 0.1) is 11.5 Å². The van der Waals surface area contributed by atoms with Gasteiger partial charge in [0.1, 0.15) is 5.76 Å². The Morgan fingerprint density at radius 3 is 2.29 bits per heavy atom. The highest BCUT2D eigenvalue weighted by molar-refractivity contribution is 6.09. The zero-order valence-electron chi connectivity index (χ0n) is 22.3. The molecular formula is C29H48N4O. The molecule has 0 aliphatic carbocycles. The van der Waals surface area contributed by atoms with Gasteiger partial charge in [-0.25, -0.2) is 0 Å². The van der Waals surface area contributed by atoms with Gasteiger partial charge in [0.25, 0.3) is 0 Å². The molecule has 0 fully saturated rings. The Morgan fingerprint density at radius 1 is 1.03 bits per heavy atom. The first-order chi connectivity index (χ1) is 16.3. The number of aryl methyl sites for hydroxylation is 1. The summed E-state index contributed by atoms with van der Waals surface area (Å²) in [5.41, 5.74) is 8.01. The van der Waals surface area contributed by atoms with Crippen molar-refractivity contribution >= 4 is 22.5 Å². The van der Waals surface area contributed by atoms with Crippen LogP contribution in [0, 0.1) is 11.3 Å². The van der Waals surface area contributed by atoms with E-state index in [0.29, 0.717) is 5.92 Å². The highest BCUT2D eigenvalue weighted by atomic mass is 16.6. The summed E-state index contributed by atoms with van der Waals surface area (Å²) in [6, 6.07) is 8.67. The van der Waals surface area contributed by atoms with E-state index in [1.54, 1.807) is 0 Å². The van der Waals surface area contributed by atoms with E-state index >= 15 is 0 Å². The maximum atomic E-state index is 6.28. The zero-order chi connectivity index (χ0) is 25.3. The van der Waals surface area contributed by atoms with Gasteiger partial charge in [0, 0.05) is 35.1 Å². The standard InChI is InChI=1S/C27H42N2O.C2H6N2/c1-6-8-10-11-12-13-14-20-29-21-19-26-25(17-15-18-27(26)29)23(4)28-30-24(5)22(3)16-9-7-2;1-2(3)4/h15,17-19,21-22H,5-14,16,20H2,1-4H3;1H3,(H3,3,4)/b28-23+;/t22-;/m0./s1. The molecule has 0 saturated carbocycles. The minimum atomic E-state index is 0.167. The molecule has 2 aromatic rings. The van der Waals surface area contributed by atoms with Crippen molar-refractivity contribution in [1.29, 1.82) is 5.41 Å². The molecule has 3 N–H and O–H groups in total. The number of hydrogen-bond acceptors (Lipinski definition) is 3. The van der Waals surface area contributed by atoms with Crippen LogP contribution in [-0.4, -0.2) is 16.1 Å². The molecule has 2 rings (SSSR count). The Balaban J connectivity index is 0.00000133. The number of fused-ring (bicyclic) bond motifs is 1. The van der Waals surface area contributed by atoms with E-state index in [9.17, 15) is 0 Å². The Hall–Kier alpha value is -2.56. The van der Waals surface area contributed by atoms with E-state index in [-0.39, 0.29) is 5.84 Å². The van der Waals surface area contributed by atoms with Crippen LogP contribution in [0.3, 0.4) is 0 Å². The molecule has 190 valence electrons. The van der Waals surface area contributed by atoms with Crippen molar-refractivity contribution in [2.24, 2.45) is 16.8 Å². The molecular weight excluding hydrogens is 420 g/mol. The molecule has 1 aromatic heterocycles. The van der Waals surface area contributed by atoms with Gasteiger partial charge < -0.3 is 15.1 Å². The third-order valence-electron chi connectivity index (χ3n) is 6.05. The monoisotopic (exact) mass is 468 g/mol. The predicted molar refractivity (Wildman–Crippen MR) is 149 cm³/mol. The van der Waals surface area contributed by atoms with Gasteiger partial charge in [-0.1, -0.05) is 96.0 Å². The lowest BCUT2D eigenvalue weighted by Gasteiger charge is -2.12. The number of oxime groups is 1. The molecule has 34 heavy (non-hydrogen) atoms. The summed E-state index contributed by atoms with van der Waals surface area (Å²) >= 11 is 0. The molecule has 1 aromatic carbocycles. The quantitative estimate of drug-likeness (QED) is 0.0904. The lowest BCUT2D eigenvalue weighted by Crippen LogP contribution is -2.03. The number of nitrogens with one attached hydrogen (secondary N) is 1. The molecule has 0 aliphatic heterocycles. The second-order valence-electron chi connectivity index (χ2n) is 9.33. The summed E-state index contributed by atoms with van der Waals surface area (Å²) in [6.45, 7) is 15.3. The van der Waals surface area contributed by atoms with Crippen molar-refractivity contribution in [3.8, 4) is 0 Å². The van der Waals surface area contributed by atoms with Crippen LogP contribution in [-0.2, 0) is 11.4 Å². The summed E-state index contributed by atoms with van der Waals surface area (Å²) < 4.78 is 2.38. The Kier molecular flexibility index (Phi) is 14.7. The van der Waals surface area contributed by atoms with Gasteiger partial charge in [0.15, 0.2) is 0 Å². The number of nitrogens with zero attached hydrogens (tertiary/aromatic N) is 2. The fraction of sp³-hybridized carbons (Fsp3) is 0.586. The van der Waals surface area contributed by atoms with Crippen LogP contribution >= 0.6 is 0 Å². The van der Waals surface area contributed by atoms with Crippen LogP contribution in [0.15, 0.2) is 48.0 Å². The molecule has 0 unspecified atom stereocenters. The largest absolute Gasteiger partial charge is 0.388 e. The molecule has 1 heterocycles. The molecule has 0 amide bonds.